The molecule has 0 saturated heterocycles. The number of likely N-dealkylation sites (N-methyl/N-ethyl adjacent to an activating group) is 1. The molecule has 0 fully saturated rings. The number of aliphatic hydroxyl groups is 1. The van der Waals surface area contributed by atoms with E-state index in [-0.39, 0.29) is 18.1 Å². The van der Waals surface area contributed by atoms with E-state index in [1.807, 2.05) is 0 Å². The molecule has 2 N–H and O–H groups in total. The Morgan fingerprint density at radius 1 is 1.33 bits per heavy atom. The minimum Gasteiger partial charge on any atom is -0.392 e. The predicted molar refractivity (Wildman–Crippen MR) is 87.0 cm³/mol. The van der Waals surface area contributed by atoms with Gasteiger partial charge in [-0.05, 0) is 31.5 Å². The number of nitrogens with zero attached hydrogens (tertiary/aromatic N) is 3. The highest BCUT2D eigenvalue weighted by molar-refractivity contribution is 7.15. The number of carbonyl (C=O) groups excluding carboxylic acids is 1. The number of amides is 2. The summed E-state index contributed by atoms with van der Waals surface area (Å²) >= 11 is 1.13. The zero-order valence-electron chi connectivity index (χ0n) is 13.3. The van der Waals surface area contributed by atoms with Gasteiger partial charge < -0.3 is 10.0 Å². The third kappa shape index (κ3) is 5.20. The van der Waals surface area contributed by atoms with Crippen LogP contribution in [0.1, 0.15) is 24.4 Å². The third-order valence-electron chi connectivity index (χ3n) is 3.11. The lowest BCUT2D eigenvalue weighted by Gasteiger charge is -2.21. The zero-order chi connectivity index (χ0) is 17.7. The minimum atomic E-state index is -0.653. The first kappa shape index (κ1) is 18.2. The molecule has 0 aliphatic carbocycles. The second-order valence-corrected chi connectivity index (χ2v) is 6.34. The second kappa shape index (κ2) is 8.11. The largest absolute Gasteiger partial charge is 0.392 e. The number of hydrogen-bond donors (Lipinski definition) is 2. The monoisotopic (exact) mass is 356 g/mol. The van der Waals surface area contributed by atoms with E-state index in [0.29, 0.717) is 17.1 Å². The molecule has 2 amide bonds. The summed E-state index contributed by atoms with van der Waals surface area (Å²) in [5.41, 5.74) is 0.436. The van der Waals surface area contributed by atoms with Crippen molar-refractivity contribution in [2.45, 2.75) is 26.4 Å². The second-order valence-electron chi connectivity index (χ2n) is 5.27. The fourth-order valence-corrected chi connectivity index (χ4v) is 2.87. The van der Waals surface area contributed by atoms with Crippen molar-refractivity contribution >= 4 is 22.5 Å². The van der Waals surface area contributed by atoms with Crippen LogP contribution in [0.25, 0.3) is 0 Å². The fraction of sp³-hybridized carbons (Fsp3) is 0.400. The molecule has 24 heavy (non-hydrogen) atoms. The molecule has 6 nitrogen and oxygen atoms in total. The van der Waals surface area contributed by atoms with Crippen LogP contribution in [0.3, 0.4) is 0 Å². The van der Waals surface area contributed by atoms with Crippen LogP contribution in [0.5, 0.6) is 0 Å². The van der Waals surface area contributed by atoms with Crippen LogP contribution >= 0.6 is 11.3 Å². The summed E-state index contributed by atoms with van der Waals surface area (Å²) in [7, 11) is 0. The molecule has 0 aliphatic rings. The lowest BCUT2D eigenvalue weighted by Crippen LogP contribution is -2.39. The molecule has 130 valence electrons. The molecule has 0 saturated carbocycles. The van der Waals surface area contributed by atoms with E-state index < -0.39 is 23.8 Å². The summed E-state index contributed by atoms with van der Waals surface area (Å²) in [6.45, 7) is 4.03. The van der Waals surface area contributed by atoms with Crippen molar-refractivity contribution in [1.82, 2.24) is 15.1 Å². The average Bonchev–Trinajstić information content (AvgIpc) is 2.90. The summed E-state index contributed by atoms with van der Waals surface area (Å²) in [6.07, 6.45) is -0.420. The number of aromatic nitrogens is 2. The van der Waals surface area contributed by atoms with Crippen molar-refractivity contribution in [2.75, 3.05) is 18.4 Å². The van der Waals surface area contributed by atoms with Crippen molar-refractivity contribution in [3.05, 3.63) is 40.4 Å². The third-order valence-corrected chi connectivity index (χ3v) is 3.95. The molecule has 0 unspecified atom stereocenters. The van der Waals surface area contributed by atoms with Crippen LogP contribution in [-0.4, -0.2) is 45.4 Å². The number of urea groups is 1. The minimum absolute atomic E-state index is 0.205. The number of anilines is 1. The van der Waals surface area contributed by atoms with Crippen molar-refractivity contribution in [1.29, 1.82) is 0 Å². The molecule has 2 aromatic rings. The topological polar surface area (TPSA) is 78.4 Å². The first-order valence-electron chi connectivity index (χ1n) is 7.38. The SMILES string of the molecule is CCN(C[C@H](C)O)C(=O)Nc1nnc(Cc2cc(F)cc(F)c2)s1. The van der Waals surface area contributed by atoms with Crippen molar-refractivity contribution in [3.8, 4) is 0 Å². The standard InChI is InChI=1S/C15H18F2N4O2S/c1-3-21(8-9(2)22)15(23)18-14-20-19-13(24-14)6-10-4-11(16)7-12(17)5-10/h4-5,7,9,22H,3,6,8H2,1-2H3,(H,18,20,23)/t9-/m0/s1. The fourth-order valence-electron chi connectivity index (χ4n) is 2.11. The number of hydrogen-bond acceptors (Lipinski definition) is 5. The average molecular weight is 356 g/mol. The maximum Gasteiger partial charge on any atom is 0.323 e. The molecule has 0 bridgehead atoms. The van der Waals surface area contributed by atoms with E-state index in [2.05, 4.69) is 15.5 Å². The van der Waals surface area contributed by atoms with Gasteiger partial charge in [0.15, 0.2) is 0 Å². The lowest BCUT2D eigenvalue weighted by molar-refractivity contribution is 0.141. The summed E-state index contributed by atoms with van der Waals surface area (Å²) in [6, 6.07) is 2.86. The van der Waals surface area contributed by atoms with E-state index in [1.165, 1.54) is 17.0 Å². The van der Waals surface area contributed by atoms with E-state index >= 15 is 0 Å². The van der Waals surface area contributed by atoms with E-state index in [4.69, 9.17) is 0 Å². The van der Waals surface area contributed by atoms with Gasteiger partial charge in [-0.3, -0.25) is 5.32 Å². The van der Waals surface area contributed by atoms with Crippen molar-refractivity contribution in [2.24, 2.45) is 0 Å². The highest BCUT2D eigenvalue weighted by Gasteiger charge is 2.16. The normalized spacial score (nSPS) is 12.0. The van der Waals surface area contributed by atoms with Gasteiger partial charge in [-0.15, -0.1) is 10.2 Å². The molecular formula is C15H18F2N4O2S. The van der Waals surface area contributed by atoms with Gasteiger partial charge in [0, 0.05) is 25.6 Å². The Bertz CT molecular complexity index is 688. The van der Waals surface area contributed by atoms with Crippen molar-refractivity contribution in [3.63, 3.8) is 0 Å². The Hall–Kier alpha value is -2.13. The number of benzene rings is 1. The smallest absolute Gasteiger partial charge is 0.323 e. The molecule has 1 atom stereocenters. The van der Waals surface area contributed by atoms with Crippen LogP contribution in [-0.2, 0) is 6.42 Å². The van der Waals surface area contributed by atoms with E-state index in [9.17, 15) is 18.7 Å². The van der Waals surface area contributed by atoms with Crippen LogP contribution in [0.4, 0.5) is 18.7 Å². The number of rotatable bonds is 6. The quantitative estimate of drug-likeness (QED) is 0.834. The van der Waals surface area contributed by atoms with E-state index in [0.717, 1.165) is 17.4 Å². The molecular weight excluding hydrogens is 338 g/mol. The van der Waals surface area contributed by atoms with Crippen LogP contribution in [0, 0.1) is 11.6 Å². The Morgan fingerprint density at radius 3 is 2.58 bits per heavy atom. The number of carbonyl (C=O) groups is 1. The highest BCUT2D eigenvalue weighted by Crippen LogP contribution is 2.20. The first-order chi connectivity index (χ1) is 11.4. The molecule has 1 aromatic heterocycles. The Morgan fingerprint density at radius 2 is 2.00 bits per heavy atom. The molecule has 1 heterocycles. The lowest BCUT2D eigenvalue weighted by atomic mass is 10.1. The molecule has 0 radical (unpaired) electrons. The van der Waals surface area contributed by atoms with Gasteiger partial charge >= 0.3 is 6.03 Å². The summed E-state index contributed by atoms with van der Waals surface area (Å²) < 4.78 is 26.4. The van der Waals surface area contributed by atoms with Crippen LogP contribution < -0.4 is 5.32 Å². The van der Waals surface area contributed by atoms with Gasteiger partial charge in [-0.25, -0.2) is 13.6 Å². The molecule has 2 rings (SSSR count). The molecule has 9 heteroatoms. The summed E-state index contributed by atoms with van der Waals surface area (Å²) in [5, 5.41) is 20.5. The van der Waals surface area contributed by atoms with Gasteiger partial charge in [0.05, 0.1) is 6.10 Å². The highest BCUT2D eigenvalue weighted by atomic mass is 32.1. The Kier molecular flexibility index (Phi) is 6.16. The van der Waals surface area contributed by atoms with Gasteiger partial charge in [0.1, 0.15) is 16.6 Å². The molecule has 1 aromatic carbocycles. The number of nitrogens with one attached hydrogen (secondary N) is 1. The summed E-state index contributed by atoms with van der Waals surface area (Å²) in [5.74, 6) is -1.31. The molecule has 0 spiro atoms. The summed E-state index contributed by atoms with van der Waals surface area (Å²) in [4.78, 5) is 13.5. The zero-order valence-corrected chi connectivity index (χ0v) is 14.1. The van der Waals surface area contributed by atoms with Gasteiger partial charge in [0.25, 0.3) is 0 Å². The van der Waals surface area contributed by atoms with Crippen LogP contribution in [0.15, 0.2) is 18.2 Å². The van der Waals surface area contributed by atoms with Gasteiger partial charge in [-0.2, -0.15) is 0 Å². The van der Waals surface area contributed by atoms with Gasteiger partial charge in [0.2, 0.25) is 5.13 Å². The van der Waals surface area contributed by atoms with Gasteiger partial charge in [-0.1, -0.05) is 11.3 Å². The van der Waals surface area contributed by atoms with Crippen molar-refractivity contribution < 1.29 is 18.7 Å². The molecule has 0 aliphatic heterocycles. The first-order valence-corrected chi connectivity index (χ1v) is 8.20. The number of halogens is 2. The Labute approximate surface area is 142 Å². The van der Waals surface area contributed by atoms with E-state index in [1.54, 1.807) is 13.8 Å². The van der Waals surface area contributed by atoms with Crippen LogP contribution in [0.2, 0.25) is 0 Å². The number of aliphatic hydroxyl groups excluding tert-OH is 1. The maximum absolute atomic E-state index is 13.2. The maximum atomic E-state index is 13.2. The Balaban J connectivity index is 2.01. The predicted octanol–water partition coefficient (Wildman–Crippen LogP) is 2.64.